The fourth-order valence-corrected chi connectivity index (χ4v) is 1.99. The van der Waals surface area contributed by atoms with Crippen LogP contribution in [-0.4, -0.2) is 42.3 Å². The average Bonchev–Trinajstić information content (AvgIpc) is 3.25. The van der Waals surface area contributed by atoms with Gasteiger partial charge in [-0.3, -0.25) is 4.79 Å². The first-order valence-corrected chi connectivity index (χ1v) is 6.84. The van der Waals surface area contributed by atoms with Crippen molar-refractivity contribution in [2.24, 2.45) is 0 Å². The summed E-state index contributed by atoms with van der Waals surface area (Å²) in [5.74, 6) is -0.848. The highest BCUT2D eigenvalue weighted by Crippen LogP contribution is 2.40. The molecule has 1 fully saturated rings. The molecule has 1 unspecified atom stereocenters. The SMILES string of the molecule is COCCC(NC(=O)C1(Oc2ccccc2)CC1)C(=O)O. The van der Waals surface area contributed by atoms with Gasteiger partial charge in [-0.05, 0) is 12.1 Å². The molecule has 21 heavy (non-hydrogen) atoms. The number of nitrogens with one attached hydrogen (secondary N) is 1. The third kappa shape index (κ3) is 3.95. The number of aliphatic carboxylic acids is 1. The van der Waals surface area contributed by atoms with E-state index in [1.807, 2.05) is 18.2 Å². The number of hydrogen-bond acceptors (Lipinski definition) is 4. The molecule has 114 valence electrons. The van der Waals surface area contributed by atoms with Crippen LogP contribution >= 0.6 is 0 Å². The van der Waals surface area contributed by atoms with Crippen LogP contribution in [0.3, 0.4) is 0 Å². The largest absolute Gasteiger partial charge is 0.480 e. The first kappa shape index (κ1) is 15.3. The van der Waals surface area contributed by atoms with Gasteiger partial charge in [-0.2, -0.15) is 0 Å². The van der Waals surface area contributed by atoms with Crippen LogP contribution in [-0.2, 0) is 14.3 Å². The van der Waals surface area contributed by atoms with Crippen LogP contribution in [0.25, 0.3) is 0 Å². The Bertz CT molecular complexity index is 498. The van der Waals surface area contributed by atoms with Gasteiger partial charge in [0.15, 0.2) is 5.60 Å². The van der Waals surface area contributed by atoms with E-state index in [0.717, 1.165) is 0 Å². The number of carboxylic acid groups (broad SMARTS) is 1. The molecule has 1 amide bonds. The Kier molecular flexibility index (Phi) is 4.80. The van der Waals surface area contributed by atoms with Gasteiger partial charge in [0, 0.05) is 33.0 Å². The van der Waals surface area contributed by atoms with Crippen LogP contribution in [0.2, 0.25) is 0 Å². The molecular formula is C15H19NO5. The molecule has 0 spiro atoms. The average molecular weight is 293 g/mol. The number of ether oxygens (including phenoxy) is 2. The topological polar surface area (TPSA) is 84.9 Å². The second-order valence-electron chi connectivity index (χ2n) is 5.06. The summed E-state index contributed by atoms with van der Waals surface area (Å²) in [6.07, 6.45) is 1.40. The molecule has 6 heteroatoms. The van der Waals surface area contributed by atoms with Crippen molar-refractivity contribution >= 4 is 11.9 Å². The highest BCUT2D eigenvalue weighted by Gasteiger charge is 2.53. The van der Waals surface area contributed by atoms with E-state index in [2.05, 4.69) is 5.32 Å². The number of carbonyl (C=O) groups is 2. The standard InChI is InChI=1S/C15H19NO5/c1-20-10-7-12(13(17)18)16-14(19)15(8-9-15)21-11-5-3-2-4-6-11/h2-6,12H,7-10H2,1H3,(H,16,19)(H,17,18). The van der Waals surface area contributed by atoms with Crippen LogP contribution in [0.4, 0.5) is 0 Å². The minimum atomic E-state index is -1.07. The predicted molar refractivity (Wildman–Crippen MR) is 75.1 cm³/mol. The van der Waals surface area contributed by atoms with Crippen molar-refractivity contribution in [2.75, 3.05) is 13.7 Å². The molecule has 0 aromatic heterocycles. The van der Waals surface area contributed by atoms with Crippen LogP contribution in [0.5, 0.6) is 5.75 Å². The summed E-state index contributed by atoms with van der Waals surface area (Å²) in [6, 6.07) is 8.08. The maximum absolute atomic E-state index is 12.3. The number of benzene rings is 1. The van der Waals surface area contributed by atoms with Crippen LogP contribution in [0.1, 0.15) is 19.3 Å². The van der Waals surface area contributed by atoms with Gasteiger partial charge in [-0.25, -0.2) is 4.79 Å². The smallest absolute Gasteiger partial charge is 0.326 e. The van der Waals surface area contributed by atoms with Gasteiger partial charge in [-0.1, -0.05) is 18.2 Å². The molecule has 6 nitrogen and oxygen atoms in total. The number of carbonyl (C=O) groups excluding carboxylic acids is 1. The number of methoxy groups -OCH3 is 1. The van der Waals surface area contributed by atoms with Crippen molar-refractivity contribution in [1.29, 1.82) is 0 Å². The number of carboxylic acids is 1. The molecule has 0 aliphatic heterocycles. The fraction of sp³-hybridized carbons (Fsp3) is 0.467. The monoisotopic (exact) mass is 293 g/mol. The predicted octanol–water partition coefficient (Wildman–Crippen LogP) is 1.20. The van der Waals surface area contributed by atoms with Crippen molar-refractivity contribution in [3.8, 4) is 5.75 Å². The summed E-state index contributed by atoms with van der Waals surface area (Å²) in [4.78, 5) is 23.4. The van der Waals surface area contributed by atoms with Crippen molar-refractivity contribution in [3.05, 3.63) is 30.3 Å². The highest BCUT2D eigenvalue weighted by atomic mass is 16.5. The van der Waals surface area contributed by atoms with Crippen molar-refractivity contribution in [2.45, 2.75) is 30.9 Å². The quantitative estimate of drug-likeness (QED) is 0.752. The minimum absolute atomic E-state index is 0.221. The van der Waals surface area contributed by atoms with Crippen molar-refractivity contribution in [3.63, 3.8) is 0 Å². The summed E-state index contributed by atoms with van der Waals surface area (Å²) in [5.41, 5.74) is -0.928. The molecule has 0 bridgehead atoms. The van der Waals surface area contributed by atoms with E-state index < -0.39 is 17.6 Å². The van der Waals surface area contributed by atoms with Gasteiger partial charge in [0.2, 0.25) is 0 Å². The van der Waals surface area contributed by atoms with E-state index in [4.69, 9.17) is 14.6 Å². The minimum Gasteiger partial charge on any atom is -0.480 e. The molecule has 1 atom stereocenters. The third-order valence-corrected chi connectivity index (χ3v) is 3.39. The van der Waals surface area contributed by atoms with E-state index >= 15 is 0 Å². The number of para-hydroxylation sites is 1. The Balaban J connectivity index is 1.96. The summed E-state index contributed by atoms with van der Waals surface area (Å²) < 4.78 is 10.6. The van der Waals surface area contributed by atoms with Gasteiger partial charge in [0.1, 0.15) is 11.8 Å². The zero-order chi connectivity index (χ0) is 15.3. The Morgan fingerprint density at radius 1 is 1.33 bits per heavy atom. The Morgan fingerprint density at radius 2 is 2.00 bits per heavy atom. The lowest BCUT2D eigenvalue weighted by molar-refractivity contribution is -0.144. The van der Waals surface area contributed by atoms with E-state index in [9.17, 15) is 9.59 Å². The van der Waals surface area contributed by atoms with Gasteiger partial charge in [0.05, 0.1) is 0 Å². The molecule has 2 N–H and O–H groups in total. The van der Waals surface area contributed by atoms with Crippen LogP contribution in [0, 0.1) is 0 Å². The fourth-order valence-electron chi connectivity index (χ4n) is 1.99. The number of rotatable bonds is 8. The lowest BCUT2D eigenvalue weighted by atomic mass is 10.2. The lowest BCUT2D eigenvalue weighted by Gasteiger charge is -2.21. The highest BCUT2D eigenvalue weighted by molar-refractivity contribution is 5.91. The normalized spacial score (nSPS) is 16.8. The molecule has 1 aromatic rings. The number of amides is 1. The van der Waals surface area contributed by atoms with Crippen LogP contribution < -0.4 is 10.1 Å². The molecule has 1 aliphatic rings. The molecule has 0 radical (unpaired) electrons. The van der Waals surface area contributed by atoms with E-state index in [1.54, 1.807) is 12.1 Å². The molecule has 2 rings (SSSR count). The van der Waals surface area contributed by atoms with E-state index in [0.29, 0.717) is 18.6 Å². The summed E-state index contributed by atoms with van der Waals surface area (Å²) in [6.45, 7) is 0.268. The second-order valence-corrected chi connectivity index (χ2v) is 5.06. The van der Waals surface area contributed by atoms with Gasteiger partial charge in [0.25, 0.3) is 5.91 Å². The summed E-state index contributed by atoms with van der Waals surface area (Å²) in [5, 5.41) is 11.6. The maximum Gasteiger partial charge on any atom is 0.326 e. The van der Waals surface area contributed by atoms with Crippen LogP contribution in [0.15, 0.2) is 30.3 Å². The third-order valence-electron chi connectivity index (χ3n) is 3.39. The summed E-state index contributed by atoms with van der Waals surface area (Å²) in [7, 11) is 1.49. The van der Waals surface area contributed by atoms with Crippen molar-refractivity contribution < 1.29 is 24.2 Å². The van der Waals surface area contributed by atoms with E-state index in [-0.39, 0.29) is 18.9 Å². The molecule has 0 heterocycles. The Hall–Kier alpha value is -2.08. The first-order valence-electron chi connectivity index (χ1n) is 6.84. The molecule has 1 saturated carbocycles. The maximum atomic E-state index is 12.3. The molecule has 1 aromatic carbocycles. The van der Waals surface area contributed by atoms with E-state index in [1.165, 1.54) is 7.11 Å². The first-order chi connectivity index (χ1) is 10.1. The van der Waals surface area contributed by atoms with Gasteiger partial charge >= 0.3 is 5.97 Å². The molecule has 1 aliphatic carbocycles. The summed E-state index contributed by atoms with van der Waals surface area (Å²) >= 11 is 0. The Labute approximate surface area is 123 Å². The zero-order valence-electron chi connectivity index (χ0n) is 11.9. The molecule has 0 saturated heterocycles. The number of hydrogen-bond donors (Lipinski definition) is 2. The second kappa shape index (κ2) is 6.58. The zero-order valence-corrected chi connectivity index (χ0v) is 11.9. The molecular weight excluding hydrogens is 274 g/mol. The van der Waals surface area contributed by atoms with Gasteiger partial charge < -0.3 is 19.9 Å². The Morgan fingerprint density at radius 3 is 2.52 bits per heavy atom. The van der Waals surface area contributed by atoms with Crippen molar-refractivity contribution in [1.82, 2.24) is 5.32 Å². The lowest BCUT2D eigenvalue weighted by Crippen LogP contribution is -2.48. The van der Waals surface area contributed by atoms with Gasteiger partial charge in [-0.15, -0.1) is 0 Å².